The first kappa shape index (κ1) is 28.4. The molecule has 3 aromatic heterocycles. The zero-order valence-corrected chi connectivity index (χ0v) is 24.4. The molecule has 0 saturated heterocycles. The monoisotopic (exact) mass is 618 g/mol. The van der Waals surface area contributed by atoms with Gasteiger partial charge in [0.15, 0.2) is 0 Å². The van der Waals surface area contributed by atoms with Crippen LogP contribution in [0.5, 0.6) is 5.75 Å². The highest BCUT2D eigenvalue weighted by Gasteiger charge is 2.35. The van der Waals surface area contributed by atoms with Crippen LogP contribution in [-0.2, 0) is 17.8 Å². The molecule has 1 atom stereocenters. The summed E-state index contributed by atoms with van der Waals surface area (Å²) in [6.07, 6.45) is 1.13. The van der Waals surface area contributed by atoms with E-state index in [1.165, 1.54) is 41.5 Å². The van der Waals surface area contributed by atoms with Crippen LogP contribution in [0.1, 0.15) is 58.8 Å². The molecule has 0 radical (unpaired) electrons. The number of amides is 2. The molecular formula is C33H29F3N4O3S. The van der Waals surface area contributed by atoms with Crippen LogP contribution in [0.2, 0.25) is 0 Å². The summed E-state index contributed by atoms with van der Waals surface area (Å²) in [5.74, 6) is -1.42. The van der Waals surface area contributed by atoms with Crippen LogP contribution in [0.25, 0.3) is 43.6 Å². The summed E-state index contributed by atoms with van der Waals surface area (Å²) < 4.78 is 45.8. The van der Waals surface area contributed by atoms with Crippen molar-refractivity contribution in [3.05, 3.63) is 70.6 Å². The number of pyridine rings is 1. The summed E-state index contributed by atoms with van der Waals surface area (Å²) >= 11 is 1.41. The van der Waals surface area contributed by atoms with Gasteiger partial charge in [0.05, 0.1) is 37.9 Å². The smallest absolute Gasteiger partial charge is 0.406 e. The van der Waals surface area contributed by atoms with Gasteiger partial charge >= 0.3 is 6.36 Å². The number of nitrogens with zero attached hydrogens (tertiary/aromatic N) is 2. The number of primary amides is 2. The van der Waals surface area contributed by atoms with Crippen molar-refractivity contribution in [1.29, 1.82) is 0 Å². The van der Waals surface area contributed by atoms with Gasteiger partial charge < -0.3 is 20.8 Å². The number of hydrogen-bond donors (Lipinski definition) is 2. The summed E-state index contributed by atoms with van der Waals surface area (Å²) in [7, 11) is 0. The fourth-order valence-corrected chi connectivity index (χ4v) is 8.10. The molecule has 2 amide bonds. The van der Waals surface area contributed by atoms with E-state index in [4.69, 9.17) is 16.5 Å². The minimum Gasteiger partial charge on any atom is -0.406 e. The number of benzene rings is 2. The van der Waals surface area contributed by atoms with Crippen molar-refractivity contribution in [3.63, 3.8) is 0 Å². The van der Waals surface area contributed by atoms with E-state index < -0.39 is 24.1 Å². The molecule has 5 aromatic rings. The first-order valence-electron chi connectivity index (χ1n) is 14.6. The maximum atomic E-state index is 12.8. The second-order valence-corrected chi connectivity index (χ2v) is 12.7. The van der Waals surface area contributed by atoms with E-state index in [1.54, 1.807) is 12.1 Å². The molecule has 7 nitrogen and oxygen atoms in total. The zero-order chi connectivity index (χ0) is 30.7. The lowest BCUT2D eigenvalue weighted by atomic mass is 9.82. The van der Waals surface area contributed by atoms with E-state index in [-0.39, 0.29) is 5.75 Å². The van der Waals surface area contributed by atoms with E-state index in [0.717, 1.165) is 58.1 Å². The molecule has 4 N–H and O–H groups in total. The Hall–Kier alpha value is -4.38. The lowest BCUT2D eigenvalue weighted by Crippen LogP contribution is -2.28. The van der Waals surface area contributed by atoms with Crippen LogP contribution in [-0.4, -0.2) is 27.7 Å². The second-order valence-electron chi connectivity index (χ2n) is 11.6. The Morgan fingerprint density at radius 1 is 1.00 bits per heavy atom. The van der Waals surface area contributed by atoms with Crippen molar-refractivity contribution >= 4 is 44.3 Å². The largest absolute Gasteiger partial charge is 0.573 e. The number of ether oxygens (including phenoxy) is 1. The Kier molecular flexibility index (Phi) is 6.88. The van der Waals surface area contributed by atoms with E-state index in [9.17, 15) is 22.8 Å². The lowest BCUT2D eigenvalue weighted by Gasteiger charge is -2.24. The number of hydrogen-bond acceptors (Lipinski definition) is 5. The van der Waals surface area contributed by atoms with Crippen molar-refractivity contribution in [3.8, 4) is 28.3 Å². The Morgan fingerprint density at radius 3 is 2.52 bits per heavy atom. The van der Waals surface area contributed by atoms with Gasteiger partial charge in [-0.2, -0.15) is 0 Å². The molecule has 0 bridgehead atoms. The SMILES string of the molecule is NC(=O)c1cc2c(s1)c(C1CCCCC1)c1n2CC(C(N)=O)Cc2c-1ccc1nc(-c3cccc(OC(F)(F)F)c3)ccc21. The van der Waals surface area contributed by atoms with E-state index in [2.05, 4.69) is 9.30 Å². The average Bonchev–Trinajstić information content (AvgIpc) is 3.49. The minimum absolute atomic E-state index is 0.308. The van der Waals surface area contributed by atoms with Crippen LogP contribution >= 0.6 is 11.3 Å². The minimum atomic E-state index is -4.80. The third kappa shape index (κ3) is 4.98. The predicted octanol–water partition coefficient (Wildman–Crippen LogP) is 7.29. The topological polar surface area (TPSA) is 113 Å². The number of aromatic nitrogens is 2. The van der Waals surface area contributed by atoms with Crippen LogP contribution in [0, 0.1) is 5.92 Å². The molecule has 2 aromatic carbocycles. The average molecular weight is 619 g/mol. The van der Waals surface area contributed by atoms with Crippen molar-refractivity contribution in [1.82, 2.24) is 9.55 Å². The van der Waals surface area contributed by atoms with Gasteiger partial charge in [0.25, 0.3) is 5.91 Å². The number of carbonyl (C=O) groups is 2. The molecule has 44 heavy (non-hydrogen) atoms. The lowest BCUT2D eigenvalue weighted by molar-refractivity contribution is -0.274. The molecule has 1 fully saturated rings. The number of halogens is 3. The highest BCUT2D eigenvalue weighted by atomic mass is 32.1. The van der Waals surface area contributed by atoms with E-state index in [0.29, 0.717) is 40.5 Å². The quantitative estimate of drug-likeness (QED) is 0.215. The van der Waals surface area contributed by atoms with Gasteiger partial charge in [-0.15, -0.1) is 24.5 Å². The zero-order valence-electron chi connectivity index (χ0n) is 23.6. The molecule has 0 spiro atoms. The van der Waals surface area contributed by atoms with Gasteiger partial charge in [-0.1, -0.05) is 43.5 Å². The van der Waals surface area contributed by atoms with Gasteiger partial charge in [0, 0.05) is 23.1 Å². The predicted molar refractivity (Wildman–Crippen MR) is 163 cm³/mol. The van der Waals surface area contributed by atoms with Crippen molar-refractivity contribution in [2.75, 3.05) is 0 Å². The third-order valence-corrected chi connectivity index (χ3v) is 10.1. The first-order chi connectivity index (χ1) is 21.1. The number of thiophene rings is 1. The molecule has 1 saturated carbocycles. The molecule has 1 unspecified atom stereocenters. The van der Waals surface area contributed by atoms with E-state index >= 15 is 0 Å². The fourth-order valence-electron chi connectivity index (χ4n) is 6.96. The van der Waals surface area contributed by atoms with Crippen molar-refractivity contribution < 1.29 is 27.5 Å². The molecule has 4 heterocycles. The Labute approximate surface area is 254 Å². The van der Waals surface area contributed by atoms with Gasteiger partial charge in [-0.25, -0.2) is 4.98 Å². The summed E-state index contributed by atoms with van der Waals surface area (Å²) in [6, 6.07) is 15.2. The third-order valence-electron chi connectivity index (χ3n) is 8.89. The molecule has 1 aliphatic heterocycles. The normalized spacial score (nSPS) is 17.3. The van der Waals surface area contributed by atoms with Crippen molar-refractivity contribution in [2.45, 2.75) is 57.3 Å². The van der Waals surface area contributed by atoms with Gasteiger partial charge in [0.2, 0.25) is 5.91 Å². The van der Waals surface area contributed by atoms with Crippen LogP contribution in [0.15, 0.2) is 54.6 Å². The van der Waals surface area contributed by atoms with Crippen molar-refractivity contribution in [2.24, 2.45) is 17.4 Å². The summed E-state index contributed by atoms with van der Waals surface area (Å²) in [5.41, 5.74) is 18.4. The highest BCUT2D eigenvalue weighted by Crippen LogP contribution is 2.49. The molecule has 7 rings (SSSR count). The molecule has 226 valence electrons. The maximum Gasteiger partial charge on any atom is 0.573 e. The summed E-state index contributed by atoms with van der Waals surface area (Å²) in [5, 5.41) is 0.852. The Balaban J connectivity index is 1.42. The standard InChI is InChI=1S/C33H29F3N4O3S/c34-33(35,36)43-20-8-4-7-18(13-20)24-11-9-21-23-14-19(31(37)41)16-40-26-15-27(32(38)42)44-30(26)28(17-5-2-1-3-6-17)29(40)22(23)10-12-25(21)39-24/h4,7-13,15,17,19H,1-3,5-6,14,16H2,(H2,37,41)(H2,38,42). The molecular weight excluding hydrogens is 589 g/mol. The number of rotatable bonds is 5. The second kappa shape index (κ2) is 10.7. The number of alkyl halides is 3. The molecule has 2 aliphatic rings. The Bertz CT molecular complexity index is 1960. The molecule has 1 aliphatic carbocycles. The van der Waals surface area contributed by atoms with E-state index in [1.807, 2.05) is 24.3 Å². The fraction of sp³-hybridized carbons (Fsp3) is 0.303. The number of nitrogens with two attached hydrogens (primary N) is 2. The van der Waals surface area contributed by atoms with Gasteiger partial charge in [-0.3, -0.25) is 9.59 Å². The summed E-state index contributed by atoms with van der Waals surface area (Å²) in [6.45, 7) is 0.372. The Morgan fingerprint density at radius 2 is 1.80 bits per heavy atom. The number of fused-ring (bicyclic) bond motifs is 7. The first-order valence-corrected chi connectivity index (χ1v) is 15.4. The highest BCUT2D eigenvalue weighted by molar-refractivity contribution is 7.21. The number of carbonyl (C=O) groups excluding carboxylic acids is 2. The summed E-state index contributed by atoms with van der Waals surface area (Å²) in [4.78, 5) is 30.3. The molecule has 11 heteroatoms. The maximum absolute atomic E-state index is 12.8. The van der Waals surface area contributed by atoms with Crippen LogP contribution in [0.3, 0.4) is 0 Å². The van der Waals surface area contributed by atoms with Crippen LogP contribution < -0.4 is 16.2 Å². The van der Waals surface area contributed by atoms with Gasteiger partial charge in [0.1, 0.15) is 5.75 Å². The van der Waals surface area contributed by atoms with Crippen LogP contribution in [0.4, 0.5) is 13.2 Å². The van der Waals surface area contributed by atoms with Gasteiger partial charge in [-0.05, 0) is 66.6 Å².